The quantitative estimate of drug-likeness (QED) is 0.776. The molecule has 19 heavy (non-hydrogen) atoms. The minimum atomic E-state index is -2.48. The van der Waals surface area contributed by atoms with E-state index in [1.54, 1.807) is 0 Å². The number of likely N-dealkylation sites (tertiary alicyclic amines) is 2. The zero-order valence-electron chi connectivity index (χ0n) is 12.4. The van der Waals surface area contributed by atoms with Gasteiger partial charge in [-0.2, -0.15) is 0 Å². The van der Waals surface area contributed by atoms with Gasteiger partial charge in [-0.1, -0.05) is 20.3 Å². The SMILES string of the molecule is CCCC1CCN(C2CCN(CC)CC2)CC1(F)F. The Morgan fingerprint density at radius 2 is 1.74 bits per heavy atom. The fourth-order valence-corrected chi connectivity index (χ4v) is 3.63. The summed E-state index contributed by atoms with van der Waals surface area (Å²) in [7, 11) is 0. The summed E-state index contributed by atoms with van der Waals surface area (Å²) in [5.41, 5.74) is 0. The van der Waals surface area contributed by atoms with Crippen LogP contribution in [0.4, 0.5) is 8.78 Å². The van der Waals surface area contributed by atoms with Crippen molar-refractivity contribution in [3.63, 3.8) is 0 Å². The van der Waals surface area contributed by atoms with Gasteiger partial charge in [0.1, 0.15) is 0 Å². The molecule has 2 saturated heterocycles. The van der Waals surface area contributed by atoms with Gasteiger partial charge in [0.15, 0.2) is 0 Å². The summed E-state index contributed by atoms with van der Waals surface area (Å²) >= 11 is 0. The highest BCUT2D eigenvalue weighted by molar-refractivity contribution is 4.90. The van der Waals surface area contributed by atoms with E-state index in [2.05, 4.69) is 16.7 Å². The number of hydrogen-bond donors (Lipinski definition) is 0. The van der Waals surface area contributed by atoms with Gasteiger partial charge in [-0.3, -0.25) is 4.90 Å². The van der Waals surface area contributed by atoms with Crippen LogP contribution in [0.5, 0.6) is 0 Å². The van der Waals surface area contributed by atoms with Gasteiger partial charge in [0.05, 0.1) is 6.54 Å². The Bertz CT molecular complexity index is 275. The summed E-state index contributed by atoms with van der Waals surface area (Å²) in [5, 5.41) is 0. The molecule has 112 valence electrons. The fourth-order valence-electron chi connectivity index (χ4n) is 3.63. The molecule has 0 aromatic carbocycles. The minimum absolute atomic E-state index is 0.00550. The standard InChI is InChI=1S/C15H28F2N2/c1-3-5-13-6-11-19(12-15(13,16)17)14-7-9-18(4-2)10-8-14/h13-14H,3-12H2,1-2H3. The van der Waals surface area contributed by atoms with E-state index < -0.39 is 5.92 Å². The molecule has 2 heterocycles. The lowest BCUT2D eigenvalue weighted by molar-refractivity contribution is -0.125. The Morgan fingerprint density at radius 3 is 2.26 bits per heavy atom. The average Bonchev–Trinajstić information content (AvgIpc) is 2.41. The van der Waals surface area contributed by atoms with Crippen molar-refractivity contribution >= 4 is 0 Å². The summed E-state index contributed by atoms with van der Waals surface area (Å²) in [6.07, 6.45) is 4.34. The summed E-state index contributed by atoms with van der Waals surface area (Å²) in [4.78, 5) is 4.48. The number of nitrogens with zero attached hydrogens (tertiary/aromatic N) is 2. The fraction of sp³-hybridized carbons (Fsp3) is 1.00. The first-order valence-corrected chi connectivity index (χ1v) is 7.91. The number of alkyl halides is 2. The maximum absolute atomic E-state index is 14.2. The van der Waals surface area contributed by atoms with Crippen LogP contribution in [0.3, 0.4) is 0 Å². The van der Waals surface area contributed by atoms with E-state index in [9.17, 15) is 8.78 Å². The zero-order valence-corrected chi connectivity index (χ0v) is 12.4. The van der Waals surface area contributed by atoms with Crippen LogP contribution in [0.25, 0.3) is 0 Å². The van der Waals surface area contributed by atoms with E-state index in [0.717, 1.165) is 45.4 Å². The van der Waals surface area contributed by atoms with Crippen LogP contribution >= 0.6 is 0 Å². The summed E-state index contributed by atoms with van der Waals surface area (Å²) in [6.45, 7) is 8.27. The van der Waals surface area contributed by atoms with E-state index >= 15 is 0 Å². The lowest BCUT2D eigenvalue weighted by Crippen LogP contribution is -2.54. The minimum Gasteiger partial charge on any atom is -0.303 e. The predicted molar refractivity (Wildman–Crippen MR) is 74.7 cm³/mol. The molecule has 0 spiro atoms. The largest absolute Gasteiger partial charge is 0.303 e. The monoisotopic (exact) mass is 274 g/mol. The van der Waals surface area contributed by atoms with Crippen LogP contribution in [0.15, 0.2) is 0 Å². The third-order valence-corrected chi connectivity index (χ3v) is 4.93. The van der Waals surface area contributed by atoms with E-state index in [-0.39, 0.29) is 12.5 Å². The van der Waals surface area contributed by atoms with Gasteiger partial charge < -0.3 is 4.90 Å². The van der Waals surface area contributed by atoms with Gasteiger partial charge in [0.2, 0.25) is 0 Å². The summed E-state index contributed by atoms with van der Waals surface area (Å²) in [5.74, 6) is -2.86. The molecular weight excluding hydrogens is 246 g/mol. The normalized spacial score (nSPS) is 30.6. The third kappa shape index (κ3) is 3.66. The van der Waals surface area contributed by atoms with Crippen molar-refractivity contribution in [3.05, 3.63) is 0 Å². The lowest BCUT2D eigenvalue weighted by atomic mass is 9.87. The highest BCUT2D eigenvalue weighted by Gasteiger charge is 2.45. The molecule has 2 rings (SSSR count). The van der Waals surface area contributed by atoms with E-state index in [1.165, 1.54) is 0 Å². The number of hydrogen-bond acceptors (Lipinski definition) is 2. The molecule has 2 fully saturated rings. The van der Waals surface area contributed by atoms with Crippen molar-refractivity contribution in [2.75, 3.05) is 32.7 Å². The molecule has 2 nitrogen and oxygen atoms in total. The highest BCUT2D eigenvalue weighted by atomic mass is 19.3. The first-order valence-electron chi connectivity index (χ1n) is 7.91. The first kappa shape index (κ1) is 15.2. The van der Waals surface area contributed by atoms with E-state index in [1.807, 2.05) is 6.92 Å². The molecule has 0 N–H and O–H groups in total. The summed E-state index contributed by atoms with van der Waals surface area (Å²) in [6, 6.07) is 0.385. The Morgan fingerprint density at radius 1 is 1.05 bits per heavy atom. The lowest BCUT2D eigenvalue weighted by Gasteiger charge is -2.44. The molecule has 0 saturated carbocycles. The van der Waals surface area contributed by atoms with Crippen LogP contribution < -0.4 is 0 Å². The molecule has 0 amide bonds. The van der Waals surface area contributed by atoms with Gasteiger partial charge in [0, 0.05) is 12.0 Å². The second-order valence-electron chi connectivity index (χ2n) is 6.17. The highest BCUT2D eigenvalue weighted by Crippen LogP contribution is 2.37. The van der Waals surface area contributed by atoms with Crippen LogP contribution in [-0.4, -0.2) is 54.5 Å². The zero-order chi connectivity index (χ0) is 13.9. The van der Waals surface area contributed by atoms with Gasteiger partial charge in [-0.15, -0.1) is 0 Å². The second kappa shape index (κ2) is 6.49. The Labute approximate surface area is 116 Å². The van der Waals surface area contributed by atoms with E-state index in [4.69, 9.17) is 0 Å². The van der Waals surface area contributed by atoms with Crippen molar-refractivity contribution in [2.24, 2.45) is 5.92 Å². The molecule has 1 atom stereocenters. The molecule has 1 unspecified atom stereocenters. The molecule has 0 aromatic heterocycles. The molecule has 0 aromatic rings. The van der Waals surface area contributed by atoms with Gasteiger partial charge >= 0.3 is 0 Å². The number of halogens is 2. The molecule has 2 aliphatic heterocycles. The predicted octanol–water partition coefficient (Wildman–Crippen LogP) is 3.23. The third-order valence-electron chi connectivity index (χ3n) is 4.93. The van der Waals surface area contributed by atoms with Crippen LogP contribution in [0, 0.1) is 5.92 Å². The smallest absolute Gasteiger partial charge is 0.263 e. The van der Waals surface area contributed by atoms with Crippen LogP contribution in [0.1, 0.15) is 46.0 Å². The van der Waals surface area contributed by atoms with Crippen molar-refractivity contribution in [2.45, 2.75) is 57.9 Å². The van der Waals surface area contributed by atoms with Gasteiger partial charge in [-0.05, 0) is 51.9 Å². The van der Waals surface area contributed by atoms with Gasteiger partial charge in [-0.25, -0.2) is 8.78 Å². The second-order valence-corrected chi connectivity index (χ2v) is 6.17. The number of piperidine rings is 2. The molecular formula is C15H28F2N2. The van der Waals surface area contributed by atoms with E-state index in [0.29, 0.717) is 18.9 Å². The van der Waals surface area contributed by atoms with Crippen LogP contribution in [-0.2, 0) is 0 Å². The Hall–Kier alpha value is -0.220. The Balaban J connectivity index is 1.87. The topological polar surface area (TPSA) is 6.48 Å². The molecule has 0 radical (unpaired) electrons. The maximum atomic E-state index is 14.2. The van der Waals surface area contributed by atoms with Gasteiger partial charge in [0.25, 0.3) is 5.92 Å². The molecule has 0 bridgehead atoms. The van der Waals surface area contributed by atoms with Crippen molar-refractivity contribution in [1.82, 2.24) is 9.80 Å². The molecule has 4 heteroatoms. The number of rotatable bonds is 4. The average molecular weight is 274 g/mol. The summed E-state index contributed by atoms with van der Waals surface area (Å²) < 4.78 is 28.3. The maximum Gasteiger partial charge on any atom is 0.263 e. The molecule has 0 aliphatic carbocycles. The van der Waals surface area contributed by atoms with Crippen LogP contribution in [0.2, 0.25) is 0 Å². The van der Waals surface area contributed by atoms with Crippen molar-refractivity contribution in [1.29, 1.82) is 0 Å². The first-order chi connectivity index (χ1) is 9.06. The van der Waals surface area contributed by atoms with Crippen molar-refractivity contribution < 1.29 is 8.78 Å². The Kier molecular flexibility index (Phi) is 5.18. The van der Waals surface area contributed by atoms with Crippen molar-refractivity contribution in [3.8, 4) is 0 Å². The molecule has 2 aliphatic rings.